The van der Waals surface area contributed by atoms with Crippen molar-refractivity contribution in [2.45, 2.75) is 44.7 Å². The summed E-state index contributed by atoms with van der Waals surface area (Å²) in [4.78, 5) is 26.9. The van der Waals surface area contributed by atoms with Gasteiger partial charge in [0.25, 0.3) is 5.91 Å². The zero-order valence-corrected chi connectivity index (χ0v) is 19.7. The number of fused-ring (bicyclic) bond motifs is 1. The van der Waals surface area contributed by atoms with Crippen molar-refractivity contribution in [1.82, 2.24) is 14.8 Å². The molecule has 2 amide bonds. The lowest BCUT2D eigenvalue weighted by atomic mass is 9.83. The number of aryl methyl sites for hydroxylation is 1. The summed E-state index contributed by atoms with van der Waals surface area (Å²) in [5.74, 6) is -1.07. The number of carbonyl (C=O) groups is 2. The second kappa shape index (κ2) is 9.92. The van der Waals surface area contributed by atoms with Gasteiger partial charge in [-0.05, 0) is 37.5 Å². The lowest BCUT2D eigenvalue weighted by Gasteiger charge is -2.32. The average Bonchev–Trinajstić information content (AvgIpc) is 3.10. The molecule has 2 aromatic rings. The maximum absolute atomic E-state index is 13.3. The van der Waals surface area contributed by atoms with Crippen LogP contribution in [0.5, 0.6) is 0 Å². The molecule has 1 aromatic carbocycles. The first-order valence-corrected chi connectivity index (χ1v) is 13.0. The van der Waals surface area contributed by atoms with Crippen molar-refractivity contribution in [3.63, 3.8) is 0 Å². The Bertz CT molecular complexity index is 1170. The Balaban J connectivity index is 1.88. The van der Waals surface area contributed by atoms with Crippen LogP contribution >= 0.6 is 11.6 Å². The molecular weight excluding hydrogens is 452 g/mol. The van der Waals surface area contributed by atoms with Crippen LogP contribution in [0.3, 0.4) is 0 Å². The first kappa shape index (κ1) is 24.1. The van der Waals surface area contributed by atoms with E-state index in [0.29, 0.717) is 36.5 Å². The summed E-state index contributed by atoms with van der Waals surface area (Å²) < 4.78 is 24.9. The summed E-state index contributed by atoms with van der Waals surface area (Å²) in [7, 11) is -1.70. The largest absolute Gasteiger partial charge is 0.347 e. The van der Waals surface area contributed by atoms with Crippen molar-refractivity contribution in [2.75, 3.05) is 19.1 Å². The first-order valence-electron chi connectivity index (χ1n) is 10.6. The van der Waals surface area contributed by atoms with Gasteiger partial charge in [-0.3, -0.25) is 14.5 Å². The van der Waals surface area contributed by atoms with E-state index < -0.39 is 15.8 Å². The molecule has 8 nitrogen and oxygen atoms in total. The molecule has 0 unspecified atom stereocenters. The normalized spacial score (nSPS) is 18.8. The number of nitrogens with zero attached hydrogens (tertiary/aromatic N) is 3. The Morgan fingerprint density at radius 2 is 2.00 bits per heavy atom. The fourth-order valence-corrected chi connectivity index (χ4v) is 5.10. The molecule has 1 heterocycles. The third-order valence-electron chi connectivity index (χ3n) is 5.88. The lowest BCUT2D eigenvalue weighted by Crippen LogP contribution is -2.48. The van der Waals surface area contributed by atoms with Crippen LogP contribution < -0.4 is 5.32 Å². The SMILES string of the molecule is CN(C#N)C(=O)[C@@H]1CCCC[C@@H]1NC(=O)c1cc2ccc(Cl)cc2n1CCCS(C)(=O)=O. The lowest BCUT2D eigenvalue weighted by molar-refractivity contribution is -0.133. The molecule has 10 heteroatoms. The number of sulfone groups is 1. The zero-order chi connectivity index (χ0) is 23.5. The second-order valence-corrected chi connectivity index (χ2v) is 11.0. The molecule has 1 saturated carbocycles. The predicted octanol–water partition coefficient (Wildman–Crippen LogP) is 2.96. The minimum Gasteiger partial charge on any atom is -0.347 e. The smallest absolute Gasteiger partial charge is 0.268 e. The zero-order valence-electron chi connectivity index (χ0n) is 18.2. The molecule has 0 spiro atoms. The third kappa shape index (κ3) is 5.61. The number of nitriles is 1. The fourth-order valence-electron chi connectivity index (χ4n) is 4.28. The van der Waals surface area contributed by atoms with E-state index in [2.05, 4.69) is 5.32 Å². The molecule has 1 aromatic heterocycles. The van der Waals surface area contributed by atoms with Crippen LogP contribution in [0.2, 0.25) is 5.02 Å². The molecule has 1 fully saturated rings. The van der Waals surface area contributed by atoms with Gasteiger partial charge >= 0.3 is 0 Å². The van der Waals surface area contributed by atoms with Crippen LogP contribution in [-0.2, 0) is 21.2 Å². The monoisotopic (exact) mass is 478 g/mol. The summed E-state index contributed by atoms with van der Waals surface area (Å²) in [5, 5.41) is 13.4. The molecule has 3 rings (SSSR count). The Kier molecular flexibility index (Phi) is 7.47. The van der Waals surface area contributed by atoms with Crippen molar-refractivity contribution in [2.24, 2.45) is 5.92 Å². The van der Waals surface area contributed by atoms with Gasteiger partial charge in [0.1, 0.15) is 15.5 Å². The summed E-state index contributed by atoms with van der Waals surface area (Å²) >= 11 is 6.16. The highest BCUT2D eigenvalue weighted by atomic mass is 35.5. The number of aromatic nitrogens is 1. The molecule has 2 atom stereocenters. The minimum absolute atomic E-state index is 0.00793. The summed E-state index contributed by atoms with van der Waals surface area (Å²) in [6.07, 6.45) is 6.40. The molecule has 32 heavy (non-hydrogen) atoms. The number of halogens is 1. The van der Waals surface area contributed by atoms with Crippen molar-refractivity contribution in [3.05, 3.63) is 35.0 Å². The van der Waals surface area contributed by atoms with Gasteiger partial charge in [0.05, 0.1) is 17.2 Å². The predicted molar refractivity (Wildman–Crippen MR) is 123 cm³/mol. The number of nitrogens with one attached hydrogen (secondary N) is 1. The molecule has 1 N–H and O–H groups in total. The highest BCUT2D eigenvalue weighted by Crippen LogP contribution is 2.28. The maximum atomic E-state index is 13.3. The Morgan fingerprint density at radius 1 is 1.28 bits per heavy atom. The maximum Gasteiger partial charge on any atom is 0.268 e. The average molecular weight is 479 g/mol. The van der Waals surface area contributed by atoms with E-state index in [1.807, 2.05) is 12.3 Å². The molecule has 0 bridgehead atoms. The molecule has 1 aliphatic carbocycles. The van der Waals surface area contributed by atoms with E-state index in [1.54, 1.807) is 22.8 Å². The number of rotatable bonds is 7. The van der Waals surface area contributed by atoms with Gasteiger partial charge in [0.2, 0.25) is 5.91 Å². The third-order valence-corrected chi connectivity index (χ3v) is 7.14. The highest BCUT2D eigenvalue weighted by Gasteiger charge is 2.34. The molecule has 1 aliphatic rings. The van der Waals surface area contributed by atoms with Gasteiger partial charge in [-0.1, -0.05) is 30.5 Å². The van der Waals surface area contributed by atoms with Crippen molar-refractivity contribution in [3.8, 4) is 6.19 Å². The summed E-state index contributed by atoms with van der Waals surface area (Å²) in [6.45, 7) is 0.337. The second-order valence-electron chi connectivity index (χ2n) is 8.34. The highest BCUT2D eigenvalue weighted by molar-refractivity contribution is 7.90. The summed E-state index contributed by atoms with van der Waals surface area (Å²) in [6, 6.07) is 6.69. The van der Waals surface area contributed by atoms with Gasteiger partial charge in [0.15, 0.2) is 6.19 Å². The van der Waals surface area contributed by atoms with Crippen molar-refractivity contribution < 1.29 is 18.0 Å². The Morgan fingerprint density at radius 3 is 2.69 bits per heavy atom. The molecule has 0 saturated heterocycles. The van der Waals surface area contributed by atoms with Crippen molar-refractivity contribution in [1.29, 1.82) is 5.26 Å². The number of hydrogen-bond donors (Lipinski definition) is 1. The van der Waals surface area contributed by atoms with Crippen LogP contribution in [-0.4, -0.2) is 54.8 Å². The van der Waals surface area contributed by atoms with E-state index in [4.69, 9.17) is 16.9 Å². The number of hydrogen-bond acceptors (Lipinski definition) is 5. The minimum atomic E-state index is -3.13. The van der Waals surface area contributed by atoms with E-state index in [1.165, 1.54) is 13.3 Å². The molecular formula is C22H27ClN4O4S. The van der Waals surface area contributed by atoms with Crippen LogP contribution in [0.1, 0.15) is 42.6 Å². The quantitative estimate of drug-likeness (QED) is 0.485. The van der Waals surface area contributed by atoms with Gasteiger partial charge in [-0.15, -0.1) is 0 Å². The van der Waals surface area contributed by atoms with Crippen LogP contribution in [0.25, 0.3) is 10.9 Å². The number of carbonyl (C=O) groups excluding carboxylic acids is 2. The Hall–Kier alpha value is -2.57. The first-order chi connectivity index (χ1) is 15.1. The molecule has 0 aliphatic heterocycles. The van der Waals surface area contributed by atoms with E-state index in [9.17, 15) is 18.0 Å². The van der Waals surface area contributed by atoms with Crippen LogP contribution in [0, 0.1) is 17.4 Å². The van der Waals surface area contributed by atoms with E-state index >= 15 is 0 Å². The summed E-state index contributed by atoms with van der Waals surface area (Å²) in [5.41, 5.74) is 1.14. The number of benzene rings is 1. The standard InChI is InChI=1S/C22H27ClN4O4S/c1-26(14-24)22(29)17-6-3-4-7-18(17)25-21(28)20-12-15-8-9-16(23)13-19(15)27(20)10-5-11-32(2,30)31/h8-9,12-13,17-18H,3-7,10-11H2,1-2H3,(H,25,28)/t17-,18+/m1/s1. The molecule has 0 radical (unpaired) electrons. The van der Waals surface area contributed by atoms with Gasteiger partial charge in [0, 0.05) is 36.3 Å². The van der Waals surface area contributed by atoms with Gasteiger partial charge in [-0.25, -0.2) is 8.42 Å². The van der Waals surface area contributed by atoms with Gasteiger partial charge in [-0.2, -0.15) is 5.26 Å². The van der Waals surface area contributed by atoms with Gasteiger partial charge < -0.3 is 9.88 Å². The van der Waals surface area contributed by atoms with E-state index in [0.717, 1.165) is 28.6 Å². The van der Waals surface area contributed by atoms with Crippen LogP contribution in [0.15, 0.2) is 24.3 Å². The van der Waals surface area contributed by atoms with Crippen LogP contribution in [0.4, 0.5) is 0 Å². The number of amides is 2. The fraction of sp³-hybridized carbons (Fsp3) is 0.500. The topological polar surface area (TPSA) is 112 Å². The Labute approximate surface area is 193 Å². The van der Waals surface area contributed by atoms with Crippen molar-refractivity contribution >= 4 is 44.2 Å². The molecule has 172 valence electrons. The van der Waals surface area contributed by atoms with E-state index in [-0.39, 0.29) is 23.6 Å².